The highest BCUT2D eigenvalue weighted by molar-refractivity contribution is 6.66. The van der Waals surface area contributed by atoms with Crippen molar-refractivity contribution in [3.63, 3.8) is 0 Å². The zero-order valence-electron chi connectivity index (χ0n) is 7.01. The first-order valence-electron chi connectivity index (χ1n) is 3.40. The Labute approximate surface area is 91.0 Å². The Morgan fingerprint density at radius 2 is 1.92 bits per heavy atom. The smallest absolute Gasteiger partial charge is 0.316 e. The highest BCUT2D eigenvalue weighted by atomic mass is 35.6. The van der Waals surface area contributed by atoms with Gasteiger partial charge in [-0.3, -0.25) is 0 Å². The first-order chi connectivity index (χ1) is 5.93. The van der Waals surface area contributed by atoms with Crippen molar-refractivity contribution in [2.75, 3.05) is 7.11 Å². The van der Waals surface area contributed by atoms with Crippen LogP contribution in [0.25, 0.3) is 0 Å². The molecule has 13 heavy (non-hydrogen) atoms. The van der Waals surface area contributed by atoms with Gasteiger partial charge in [-0.15, -0.1) is 0 Å². The summed E-state index contributed by atoms with van der Waals surface area (Å²) < 4.78 is 3.29. The maximum absolute atomic E-state index is 5.64. The number of alkyl halides is 3. The molecule has 1 aromatic heterocycles. The van der Waals surface area contributed by atoms with E-state index in [2.05, 4.69) is 9.97 Å². The van der Waals surface area contributed by atoms with Crippen molar-refractivity contribution in [1.29, 1.82) is 0 Å². The Kier molecular flexibility index (Phi) is 3.22. The molecule has 0 aliphatic heterocycles. The molecule has 6 heteroatoms. The zero-order valence-corrected chi connectivity index (χ0v) is 9.28. The van der Waals surface area contributed by atoms with E-state index in [1.165, 1.54) is 7.11 Å². The second-order valence-corrected chi connectivity index (χ2v) is 4.66. The Bertz CT molecular complexity index is 311. The summed E-state index contributed by atoms with van der Waals surface area (Å²) >= 11 is 16.9. The van der Waals surface area contributed by atoms with Crippen LogP contribution in [-0.4, -0.2) is 17.1 Å². The maximum atomic E-state index is 5.64. The Hall–Kier alpha value is -0.250. The lowest BCUT2D eigenvalue weighted by Crippen LogP contribution is -2.07. The van der Waals surface area contributed by atoms with Gasteiger partial charge in [0.15, 0.2) is 0 Å². The van der Waals surface area contributed by atoms with Crippen LogP contribution >= 0.6 is 34.8 Å². The van der Waals surface area contributed by atoms with Crippen LogP contribution in [0.3, 0.4) is 0 Å². The van der Waals surface area contributed by atoms with Crippen molar-refractivity contribution in [3.8, 4) is 6.01 Å². The summed E-state index contributed by atoms with van der Waals surface area (Å²) in [6.45, 7) is 1.77. The van der Waals surface area contributed by atoms with Gasteiger partial charge >= 0.3 is 6.01 Å². The molecule has 0 atom stereocenters. The molecule has 0 aliphatic rings. The van der Waals surface area contributed by atoms with E-state index in [-0.39, 0.29) is 6.01 Å². The van der Waals surface area contributed by atoms with Crippen molar-refractivity contribution >= 4 is 34.8 Å². The highest BCUT2D eigenvalue weighted by Crippen LogP contribution is 2.37. The van der Waals surface area contributed by atoms with Gasteiger partial charge in [0.2, 0.25) is 3.79 Å². The standard InChI is InChI=1S/C7H7Cl3N2O/c1-4-3-5(7(8,9)10)12-6(11-4)13-2/h3H,1-2H3. The molecule has 0 N–H and O–H groups in total. The normalized spacial score (nSPS) is 11.5. The summed E-state index contributed by atoms with van der Waals surface area (Å²) in [6.07, 6.45) is 0. The second-order valence-electron chi connectivity index (χ2n) is 2.38. The third-order valence-corrected chi connectivity index (χ3v) is 1.89. The van der Waals surface area contributed by atoms with Crippen LogP contribution in [-0.2, 0) is 3.79 Å². The van der Waals surface area contributed by atoms with Crippen LogP contribution in [0.5, 0.6) is 6.01 Å². The monoisotopic (exact) mass is 240 g/mol. The second kappa shape index (κ2) is 3.86. The highest BCUT2D eigenvalue weighted by Gasteiger charge is 2.25. The van der Waals surface area contributed by atoms with E-state index in [0.29, 0.717) is 11.4 Å². The molecule has 0 fully saturated rings. The number of methoxy groups -OCH3 is 1. The molecule has 0 saturated heterocycles. The minimum absolute atomic E-state index is 0.196. The number of hydrogen-bond acceptors (Lipinski definition) is 3. The van der Waals surface area contributed by atoms with E-state index in [9.17, 15) is 0 Å². The van der Waals surface area contributed by atoms with Gasteiger partial charge in [-0.05, 0) is 13.0 Å². The molecular weight excluding hydrogens is 234 g/mol. The van der Waals surface area contributed by atoms with Gasteiger partial charge in [-0.2, -0.15) is 4.98 Å². The molecule has 0 unspecified atom stereocenters. The molecule has 0 bridgehead atoms. The molecular formula is C7H7Cl3N2O. The van der Waals surface area contributed by atoms with Crippen LogP contribution in [0.4, 0.5) is 0 Å². The Morgan fingerprint density at radius 1 is 1.31 bits per heavy atom. The lowest BCUT2D eigenvalue weighted by Gasteiger charge is -2.11. The SMILES string of the molecule is COc1nc(C)cc(C(Cl)(Cl)Cl)n1. The van der Waals surface area contributed by atoms with E-state index in [1.807, 2.05) is 0 Å². The number of halogens is 3. The van der Waals surface area contributed by atoms with E-state index in [1.54, 1.807) is 13.0 Å². The molecule has 3 nitrogen and oxygen atoms in total. The molecule has 1 aromatic rings. The molecule has 0 amide bonds. The molecule has 0 aliphatic carbocycles. The van der Waals surface area contributed by atoms with Crippen LogP contribution in [0.15, 0.2) is 6.07 Å². The predicted molar refractivity (Wildman–Crippen MR) is 52.6 cm³/mol. The first kappa shape index (κ1) is 10.8. The summed E-state index contributed by atoms with van der Waals surface area (Å²) in [5.74, 6) is 0. The number of aryl methyl sites for hydroxylation is 1. The molecule has 1 rings (SSSR count). The number of rotatable bonds is 1. The average Bonchev–Trinajstić information content (AvgIpc) is 2.01. The maximum Gasteiger partial charge on any atom is 0.316 e. The molecule has 0 saturated carbocycles. The Balaban J connectivity index is 3.16. The topological polar surface area (TPSA) is 35.0 Å². The van der Waals surface area contributed by atoms with Crippen molar-refractivity contribution in [1.82, 2.24) is 9.97 Å². The third-order valence-electron chi connectivity index (χ3n) is 1.31. The van der Waals surface area contributed by atoms with E-state index in [0.717, 1.165) is 0 Å². The molecule has 0 radical (unpaired) electrons. The van der Waals surface area contributed by atoms with Crippen LogP contribution < -0.4 is 4.74 Å². The molecule has 72 valence electrons. The molecule has 0 aromatic carbocycles. The summed E-state index contributed by atoms with van der Waals surface area (Å²) in [4.78, 5) is 7.85. The lowest BCUT2D eigenvalue weighted by molar-refractivity contribution is 0.377. The van der Waals surface area contributed by atoms with Gasteiger partial charge in [0.05, 0.1) is 12.8 Å². The molecule has 1 heterocycles. The first-order valence-corrected chi connectivity index (χ1v) is 4.53. The predicted octanol–water partition coefficient (Wildman–Crippen LogP) is 2.62. The molecule has 0 spiro atoms. The van der Waals surface area contributed by atoms with Gasteiger partial charge in [0, 0.05) is 5.69 Å². The fraction of sp³-hybridized carbons (Fsp3) is 0.429. The van der Waals surface area contributed by atoms with Crippen LogP contribution in [0.1, 0.15) is 11.4 Å². The van der Waals surface area contributed by atoms with Crippen LogP contribution in [0, 0.1) is 6.92 Å². The van der Waals surface area contributed by atoms with Gasteiger partial charge in [0.25, 0.3) is 0 Å². The minimum atomic E-state index is -1.54. The van der Waals surface area contributed by atoms with Crippen molar-refractivity contribution in [2.24, 2.45) is 0 Å². The number of ether oxygens (including phenoxy) is 1. The number of nitrogens with zero attached hydrogens (tertiary/aromatic N) is 2. The quantitative estimate of drug-likeness (QED) is 0.709. The summed E-state index contributed by atoms with van der Waals surface area (Å²) in [5.41, 5.74) is 0.995. The van der Waals surface area contributed by atoms with Gasteiger partial charge in [0.1, 0.15) is 0 Å². The van der Waals surface area contributed by atoms with Crippen molar-refractivity contribution in [2.45, 2.75) is 10.7 Å². The zero-order chi connectivity index (χ0) is 10.1. The van der Waals surface area contributed by atoms with E-state index in [4.69, 9.17) is 39.5 Å². The van der Waals surface area contributed by atoms with Crippen LogP contribution in [0.2, 0.25) is 0 Å². The van der Waals surface area contributed by atoms with Crippen molar-refractivity contribution in [3.05, 3.63) is 17.5 Å². The summed E-state index contributed by atoms with van der Waals surface area (Å²) in [5, 5.41) is 0. The number of aromatic nitrogens is 2. The average molecular weight is 242 g/mol. The van der Waals surface area contributed by atoms with E-state index >= 15 is 0 Å². The minimum Gasteiger partial charge on any atom is -0.467 e. The fourth-order valence-corrected chi connectivity index (χ4v) is 1.07. The fourth-order valence-electron chi connectivity index (χ4n) is 0.778. The lowest BCUT2D eigenvalue weighted by atomic mass is 10.3. The van der Waals surface area contributed by atoms with E-state index < -0.39 is 3.79 Å². The Morgan fingerprint density at radius 3 is 2.38 bits per heavy atom. The largest absolute Gasteiger partial charge is 0.467 e. The third kappa shape index (κ3) is 2.86. The summed E-state index contributed by atoms with van der Waals surface area (Å²) in [7, 11) is 1.46. The van der Waals surface area contributed by atoms with Crippen molar-refractivity contribution < 1.29 is 4.74 Å². The van der Waals surface area contributed by atoms with Gasteiger partial charge in [-0.1, -0.05) is 34.8 Å². The van der Waals surface area contributed by atoms with Gasteiger partial charge < -0.3 is 4.74 Å². The number of hydrogen-bond donors (Lipinski definition) is 0. The van der Waals surface area contributed by atoms with Gasteiger partial charge in [-0.25, -0.2) is 4.98 Å². The summed E-state index contributed by atoms with van der Waals surface area (Å²) in [6, 6.07) is 1.79.